The van der Waals surface area contributed by atoms with Crippen molar-refractivity contribution in [3.05, 3.63) is 35.6 Å². The van der Waals surface area contributed by atoms with Crippen molar-refractivity contribution < 1.29 is 18.7 Å². The zero-order valence-electron chi connectivity index (χ0n) is 11.3. The first-order valence-electron chi connectivity index (χ1n) is 6.96. The monoisotopic (exact) mass is 279 g/mol. The van der Waals surface area contributed by atoms with Crippen molar-refractivity contribution in [2.24, 2.45) is 0 Å². The molecule has 1 aromatic rings. The fourth-order valence-electron chi connectivity index (χ4n) is 2.77. The van der Waals surface area contributed by atoms with Gasteiger partial charge < -0.3 is 9.47 Å². The third-order valence-corrected chi connectivity index (χ3v) is 3.96. The summed E-state index contributed by atoms with van der Waals surface area (Å²) in [4.78, 5) is 14.2. The first-order valence-corrected chi connectivity index (χ1v) is 6.96. The molecule has 108 valence electrons. The van der Waals surface area contributed by atoms with E-state index >= 15 is 0 Å². The number of nitrogens with zero attached hydrogens (tertiary/aromatic N) is 1. The lowest BCUT2D eigenvalue weighted by Crippen LogP contribution is -2.46. The lowest BCUT2D eigenvalue weighted by atomic mass is 10.0. The molecule has 0 atom stereocenters. The number of ketones is 1. The summed E-state index contributed by atoms with van der Waals surface area (Å²) in [6, 6.07) is 5.70. The Morgan fingerprint density at radius 2 is 1.75 bits per heavy atom. The number of rotatable bonds is 3. The summed E-state index contributed by atoms with van der Waals surface area (Å²) in [5.74, 6) is -0.707. The summed E-state index contributed by atoms with van der Waals surface area (Å²) in [6.07, 6.45) is 1.59. The standard InChI is InChI=1S/C15H18FNO3/c16-13-3-1-12(2-4-13)14(18)11-17-7-5-15(6-8-17)19-9-10-20-15/h1-4H,5-11H2. The molecule has 0 N–H and O–H groups in total. The van der Waals surface area contributed by atoms with E-state index in [1.54, 1.807) is 0 Å². The van der Waals surface area contributed by atoms with Crippen molar-refractivity contribution in [3.8, 4) is 0 Å². The van der Waals surface area contributed by atoms with Gasteiger partial charge in [0.1, 0.15) is 5.82 Å². The molecule has 0 aromatic heterocycles. The molecule has 2 saturated heterocycles. The highest BCUT2D eigenvalue weighted by molar-refractivity contribution is 5.97. The number of carbonyl (C=O) groups excluding carboxylic acids is 1. The highest BCUT2D eigenvalue weighted by atomic mass is 19.1. The van der Waals surface area contributed by atoms with Crippen molar-refractivity contribution in [1.82, 2.24) is 4.90 Å². The minimum atomic E-state index is -0.407. The Labute approximate surface area is 117 Å². The second kappa shape index (κ2) is 5.60. The van der Waals surface area contributed by atoms with Gasteiger partial charge in [0.25, 0.3) is 0 Å². The normalized spacial score (nSPS) is 22.2. The van der Waals surface area contributed by atoms with Gasteiger partial charge in [-0.1, -0.05) is 0 Å². The van der Waals surface area contributed by atoms with Crippen LogP contribution in [-0.4, -0.2) is 49.3 Å². The van der Waals surface area contributed by atoms with E-state index in [1.165, 1.54) is 24.3 Å². The number of piperidine rings is 1. The van der Waals surface area contributed by atoms with E-state index in [-0.39, 0.29) is 11.6 Å². The fraction of sp³-hybridized carbons (Fsp3) is 0.533. The first-order chi connectivity index (χ1) is 9.67. The third kappa shape index (κ3) is 2.90. The minimum Gasteiger partial charge on any atom is -0.347 e. The summed E-state index contributed by atoms with van der Waals surface area (Å²) in [5.41, 5.74) is 0.556. The van der Waals surface area contributed by atoms with Crippen molar-refractivity contribution in [2.45, 2.75) is 18.6 Å². The summed E-state index contributed by atoms with van der Waals surface area (Å²) in [5, 5.41) is 0. The molecule has 2 fully saturated rings. The van der Waals surface area contributed by atoms with Crippen molar-refractivity contribution >= 4 is 5.78 Å². The Hall–Kier alpha value is -1.30. The topological polar surface area (TPSA) is 38.8 Å². The van der Waals surface area contributed by atoms with Crippen LogP contribution in [0, 0.1) is 5.82 Å². The molecule has 0 saturated carbocycles. The van der Waals surface area contributed by atoms with E-state index < -0.39 is 5.79 Å². The van der Waals surface area contributed by atoms with Gasteiger partial charge in [0.2, 0.25) is 0 Å². The SMILES string of the molecule is O=C(CN1CCC2(CC1)OCCO2)c1ccc(F)cc1. The van der Waals surface area contributed by atoms with E-state index in [4.69, 9.17) is 9.47 Å². The molecule has 3 rings (SSSR count). The van der Waals surface area contributed by atoms with Crippen molar-refractivity contribution in [2.75, 3.05) is 32.8 Å². The average Bonchev–Trinajstić information content (AvgIpc) is 2.91. The smallest absolute Gasteiger partial charge is 0.176 e. The Morgan fingerprint density at radius 1 is 1.15 bits per heavy atom. The Kier molecular flexibility index (Phi) is 3.83. The molecule has 5 heteroatoms. The van der Waals surface area contributed by atoms with Crippen LogP contribution in [0.25, 0.3) is 0 Å². The van der Waals surface area contributed by atoms with Gasteiger partial charge in [0.15, 0.2) is 11.6 Å². The van der Waals surface area contributed by atoms with Crippen molar-refractivity contribution in [3.63, 3.8) is 0 Å². The zero-order valence-corrected chi connectivity index (χ0v) is 11.3. The lowest BCUT2D eigenvalue weighted by molar-refractivity contribution is -0.184. The zero-order chi connectivity index (χ0) is 14.0. The Bertz CT molecular complexity index is 472. The van der Waals surface area contributed by atoms with Crippen LogP contribution in [0.4, 0.5) is 4.39 Å². The molecular weight excluding hydrogens is 261 g/mol. The van der Waals surface area contributed by atoms with E-state index in [0.29, 0.717) is 25.3 Å². The second-order valence-corrected chi connectivity index (χ2v) is 5.31. The van der Waals surface area contributed by atoms with Gasteiger partial charge in [0, 0.05) is 31.5 Å². The lowest BCUT2D eigenvalue weighted by Gasteiger charge is -2.37. The largest absolute Gasteiger partial charge is 0.347 e. The van der Waals surface area contributed by atoms with Crippen LogP contribution in [0.2, 0.25) is 0 Å². The van der Waals surface area contributed by atoms with E-state index in [0.717, 1.165) is 25.9 Å². The maximum absolute atomic E-state index is 12.8. The summed E-state index contributed by atoms with van der Waals surface area (Å²) in [6.45, 7) is 3.25. The van der Waals surface area contributed by atoms with Gasteiger partial charge in [0.05, 0.1) is 19.8 Å². The molecule has 0 bridgehead atoms. The Morgan fingerprint density at radius 3 is 2.35 bits per heavy atom. The van der Waals surface area contributed by atoms with Gasteiger partial charge in [-0.25, -0.2) is 4.39 Å². The van der Waals surface area contributed by atoms with Crippen LogP contribution in [0.5, 0.6) is 0 Å². The van der Waals surface area contributed by atoms with Gasteiger partial charge in [-0.05, 0) is 24.3 Å². The highest BCUT2D eigenvalue weighted by Crippen LogP contribution is 2.31. The molecule has 1 spiro atoms. The average molecular weight is 279 g/mol. The predicted octanol–water partition coefficient (Wildman–Crippen LogP) is 1.85. The maximum Gasteiger partial charge on any atom is 0.176 e. The number of ether oxygens (including phenoxy) is 2. The minimum absolute atomic E-state index is 0.0224. The molecule has 0 unspecified atom stereocenters. The highest BCUT2D eigenvalue weighted by Gasteiger charge is 2.39. The van der Waals surface area contributed by atoms with Crippen molar-refractivity contribution in [1.29, 1.82) is 0 Å². The van der Waals surface area contributed by atoms with Crippen LogP contribution in [0.3, 0.4) is 0 Å². The maximum atomic E-state index is 12.8. The molecule has 0 aliphatic carbocycles. The number of carbonyl (C=O) groups is 1. The van der Waals surface area contributed by atoms with Crippen LogP contribution in [-0.2, 0) is 9.47 Å². The first kappa shape index (κ1) is 13.7. The predicted molar refractivity (Wildman–Crippen MR) is 71.0 cm³/mol. The third-order valence-electron chi connectivity index (χ3n) is 3.96. The van der Waals surface area contributed by atoms with Crippen LogP contribution >= 0.6 is 0 Å². The van der Waals surface area contributed by atoms with Crippen LogP contribution in [0.15, 0.2) is 24.3 Å². The summed E-state index contributed by atoms with van der Waals surface area (Å²) >= 11 is 0. The van der Waals surface area contributed by atoms with Gasteiger partial charge in [-0.3, -0.25) is 9.69 Å². The van der Waals surface area contributed by atoms with Gasteiger partial charge in [-0.2, -0.15) is 0 Å². The van der Waals surface area contributed by atoms with Gasteiger partial charge in [-0.15, -0.1) is 0 Å². The molecule has 2 heterocycles. The van der Waals surface area contributed by atoms with E-state index in [9.17, 15) is 9.18 Å². The molecule has 0 amide bonds. The molecule has 2 aliphatic rings. The molecular formula is C15H18FNO3. The number of likely N-dealkylation sites (tertiary alicyclic amines) is 1. The number of Topliss-reactive ketones (excluding diaryl/α,β-unsaturated/α-hetero) is 1. The fourth-order valence-corrected chi connectivity index (χ4v) is 2.77. The molecule has 4 nitrogen and oxygen atoms in total. The Balaban J connectivity index is 1.54. The van der Waals surface area contributed by atoms with E-state index in [1.807, 2.05) is 0 Å². The van der Waals surface area contributed by atoms with Crippen LogP contribution < -0.4 is 0 Å². The van der Waals surface area contributed by atoms with Gasteiger partial charge >= 0.3 is 0 Å². The molecule has 0 radical (unpaired) electrons. The summed E-state index contributed by atoms with van der Waals surface area (Å²) in [7, 11) is 0. The number of hydrogen-bond donors (Lipinski definition) is 0. The molecule has 1 aromatic carbocycles. The molecule has 20 heavy (non-hydrogen) atoms. The van der Waals surface area contributed by atoms with E-state index in [2.05, 4.69) is 4.90 Å². The number of hydrogen-bond acceptors (Lipinski definition) is 4. The van der Waals surface area contributed by atoms with Crippen LogP contribution in [0.1, 0.15) is 23.2 Å². The quantitative estimate of drug-likeness (QED) is 0.792. The molecule has 2 aliphatic heterocycles. The number of halogens is 1. The second-order valence-electron chi connectivity index (χ2n) is 5.31. The number of benzene rings is 1. The summed E-state index contributed by atoms with van der Waals surface area (Å²) < 4.78 is 24.1.